The largest absolute Gasteiger partial charge is 0.382 e. The fourth-order valence-corrected chi connectivity index (χ4v) is 3.70. The lowest BCUT2D eigenvalue weighted by atomic mass is 9.90. The van der Waals surface area contributed by atoms with Gasteiger partial charge >= 0.3 is 0 Å². The zero-order valence-corrected chi connectivity index (χ0v) is 14.9. The van der Waals surface area contributed by atoms with E-state index in [0.717, 1.165) is 0 Å². The Morgan fingerprint density at radius 3 is 2.00 bits per heavy atom. The molecule has 0 aromatic heterocycles. The molecule has 1 saturated heterocycles. The lowest BCUT2D eigenvalue weighted by molar-refractivity contribution is -0.315. The number of methoxy groups -OCH3 is 4. The van der Waals surface area contributed by atoms with E-state index in [0.29, 0.717) is 19.1 Å². The van der Waals surface area contributed by atoms with E-state index in [2.05, 4.69) is 0 Å². The Morgan fingerprint density at radius 2 is 1.43 bits per heavy atom. The predicted octanol–water partition coefficient (Wildman–Crippen LogP) is 2.00. The Balaban J connectivity index is 1.99. The van der Waals surface area contributed by atoms with Crippen LogP contribution in [-0.2, 0) is 28.4 Å². The second-order valence-electron chi connectivity index (χ2n) is 6.44. The molecule has 136 valence electrons. The molecule has 6 nitrogen and oxygen atoms in total. The Hall–Kier alpha value is -0.240. The van der Waals surface area contributed by atoms with Crippen molar-refractivity contribution in [1.82, 2.24) is 0 Å². The Bertz CT molecular complexity index is 320. The standard InChI is InChI=1S/C17H32O6/c1-18-11-13-14(19-2)15(20-3)16(21-4)17(23-13)22-10-12-8-6-5-7-9-12/h12-17H,5-11H2,1-4H3/t13-,14-,15+,16-,17-/m1/s1. The summed E-state index contributed by atoms with van der Waals surface area (Å²) in [5, 5.41) is 0. The average Bonchev–Trinajstić information content (AvgIpc) is 2.60. The maximum Gasteiger partial charge on any atom is 0.186 e. The van der Waals surface area contributed by atoms with Crippen LogP contribution in [0.1, 0.15) is 32.1 Å². The molecule has 5 atom stereocenters. The number of hydrogen-bond donors (Lipinski definition) is 0. The smallest absolute Gasteiger partial charge is 0.186 e. The highest BCUT2D eigenvalue weighted by atomic mass is 16.7. The van der Waals surface area contributed by atoms with Crippen molar-refractivity contribution in [3.8, 4) is 0 Å². The highest BCUT2D eigenvalue weighted by Crippen LogP contribution is 2.30. The molecular formula is C17H32O6. The molecule has 0 aromatic rings. The van der Waals surface area contributed by atoms with Gasteiger partial charge in [0.2, 0.25) is 0 Å². The van der Waals surface area contributed by atoms with E-state index in [1.807, 2.05) is 0 Å². The van der Waals surface area contributed by atoms with Gasteiger partial charge in [-0.15, -0.1) is 0 Å². The van der Waals surface area contributed by atoms with Crippen molar-refractivity contribution in [1.29, 1.82) is 0 Å². The van der Waals surface area contributed by atoms with Gasteiger partial charge in [-0.25, -0.2) is 0 Å². The lowest BCUT2D eigenvalue weighted by Gasteiger charge is -2.44. The van der Waals surface area contributed by atoms with Gasteiger partial charge in [-0.2, -0.15) is 0 Å². The molecule has 0 unspecified atom stereocenters. The fraction of sp³-hybridized carbons (Fsp3) is 1.00. The van der Waals surface area contributed by atoms with Crippen LogP contribution in [0.3, 0.4) is 0 Å². The minimum absolute atomic E-state index is 0.238. The molecule has 1 aliphatic heterocycles. The summed E-state index contributed by atoms with van der Waals surface area (Å²) in [6.45, 7) is 1.14. The first-order chi connectivity index (χ1) is 11.2. The number of hydrogen-bond acceptors (Lipinski definition) is 6. The van der Waals surface area contributed by atoms with Crippen LogP contribution in [0.15, 0.2) is 0 Å². The molecule has 0 bridgehead atoms. The second-order valence-corrected chi connectivity index (χ2v) is 6.44. The maximum absolute atomic E-state index is 6.09. The SMILES string of the molecule is COC[C@H]1O[C@@H](OCC2CCCCC2)[C@H](OC)[C@@H](OC)[C@@H]1OC. The summed E-state index contributed by atoms with van der Waals surface area (Å²) in [6.07, 6.45) is 4.89. The minimum Gasteiger partial charge on any atom is -0.382 e. The van der Waals surface area contributed by atoms with Crippen molar-refractivity contribution in [2.24, 2.45) is 5.92 Å². The van der Waals surface area contributed by atoms with E-state index in [1.165, 1.54) is 32.1 Å². The zero-order valence-electron chi connectivity index (χ0n) is 14.9. The first-order valence-corrected chi connectivity index (χ1v) is 8.59. The van der Waals surface area contributed by atoms with Crippen molar-refractivity contribution in [3.05, 3.63) is 0 Å². The third-order valence-corrected chi connectivity index (χ3v) is 4.96. The van der Waals surface area contributed by atoms with Gasteiger partial charge in [0.1, 0.15) is 24.4 Å². The molecule has 1 aliphatic carbocycles. The maximum atomic E-state index is 6.09. The summed E-state index contributed by atoms with van der Waals surface area (Å²) in [5.41, 5.74) is 0. The molecule has 23 heavy (non-hydrogen) atoms. The van der Waals surface area contributed by atoms with Crippen LogP contribution < -0.4 is 0 Å². The topological polar surface area (TPSA) is 55.4 Å². The summed E-state index contributed by atoms with van der Waals surface area (Å²) in [6, 6.07) is 0. The second kappa shape index (κ2) is 9.91. The van der Waals surface area contributed by atoms with Crippen LogP contribution in [-0.4, -0.2) is 72.4 Å². The van der Waals surface area contributed by atoms with Gasteiger partial charge < -0.3 is 28.4 Å². The summed E-state index contributed by atoms with van der Waals surface area (Å²) in [5.74, 6) is 0.617. The molecule has 0 N–H and O–H groups in total. The van der Waals surface area contributed by atoms with Crippen molar-refractivity contribution < 1.29 is 28.4 Å². The number of rotatable bonds is 8. The van der Waals surface area contributed by atoms with Crippen LogP contribution in [0, 0.1) is 5.92 Å². The monoisotopic (exact) mass is 332 g/mol. The molecule has 2 aliphatic rings. The normalized spacial score (nSPS) is 36.3. The van der Waals surface area contributed by atoms with Gasteiger partial charge in [0.15, 0.2) is 6.29 Å². The van der Waals surface area contributed by atoms with Gasteiger partial charge in [0.05, 0.1) is 13.2 Å². The van der Waals surface area contributed by atoms with Crippen LogP contribution in [0.4, 0.5) is 0 Å². The quantitative estimate of drug-likeness (QED) is 0.678. The van der Waals surface area contributed by atoms with Gasteiger partial charge in [-0.3, -0.25) is 0 Å². The fourth-order valence-electron chi connectivity index (χ4n) is 3.70. The van der Waals surface area contributed by atoms with E-state index < -0.39 is 6.29 Å². The molecule has 1 heterocycles. The average molecular weight is 332 g/mol. The molecule has 2 fully saturated rings. The Labute approximate surface area is 139 Å². The van der Waals surface area contributed by atoms with Gasteiger partial charge in [-0.1, -0.05) is 19.3 Å². The zero-order chi connectivity index (χ0) is 16.7. The molecule has 1 saturated carbocycles. The van der Waals surface area contributed by atoms with E-state index >= 15 is 0 Å². The van der Waals surface area contributed by atoms with Gasteiger partial charge in [0, 0.05) is 28.4 Å². The van der Waals surface area contributed by atoms with Gasteiger partial charge in [0.25, 0.3) is 0 Å². The highest BCUT2D eigenvalue weighted by molar-refractivity contribution is 4.92. The van der Waals surface area contributed by atoms with E-state index in [1.54, 1.807) is 28.4 Å². The van der Waals surface area contributed by atoms with Crippen LogP contribution in [0.25, 0.3) is 0 Å². The third kappa shape index (κ3) is 4.87. The summed E-state index contributed by atoms with van der Waals surface area (Å²) in [7, 11) is 6.62. The van der Waals surface area contributed by atoms with E-state index in [-0.39, 0.29) is 24.4 Å². The molecule has 0 radical (unpaired) electrons. The molecule has 2 rings (SSSR count). The van der Waals surface area contributed by atoms with Crippen molar-refractivity contribution in [2.75, 3.05) is 41.7 Å². The summed E-state index contributed by atoms with van der Waals surface area (Å²) < 4.78 is 34.2. The molecule has 0 amide bonds. The lowest BCUT2D eigenvalue weighted by Crippen LogP contribution is -2.61. The van der Waals surface area contributed by atoms with E-state index in [4.69, 9.17) is 28.4 Å². The predicted molar refractivity (Wildman–Crippen MR) is 85.5 cm³/mol. The molecule has 6 heteroatoms. The van der Waals surface area contributed by atoms with Crippen molar-refractivity contribution >= 4 is 0 Å². The Morgan fingerprint density at radius 1 is 0.783 bits per heavy atom. The first kappa shape index (κ1) is 19.1. The summed E-state index contributed by atoms with van der Waals surface area (Å²) in [4.78, 5) is 0. The van der Waals surface area contributed by atoms with Gasteiger partial charge in [-0.05, 0) is 18.8 Å². The van der Waals surface area contributed by atoms with Crippen molar-refractivity contribution in [3.63, 3.8) is 0 Å². The third-order valence-electron chi connectivity index (χ3n) is 4.96. The van der Waals surface area contributed by atoms with Crippen LogP contribution >= 0.6 is 0 Å². The van der Waals surface area contributed by atoms with Crippen LogP contribution in [0.2, 0.25) is 0 Å². The molecule has 0 aromatic carbocycles. The van der Waals surface area contributed by atoms with Crippen molar-refractivity contribution in [2.45, 2.75) is 62.8 Å². The number of ether oxygens (including phenoxy) is 6. The minimum atomic E-state index is -0.460. The molecule has 0 spiro atoms. The highest BCUT2D eigenvalue weighted by Gasteiger charge is 2.47. The first-order valence-electron chi connectivity index (χ1n) is 8.59. The van der Waals surface area contributed by atoms with Crippen LogP contribution in [0.5, 0.6) is 0 Å². The Kier molecular flexibility index (Phi) is 8.23. The molecular weight excluding hydrogens is 300 g/mol. The van der Waals surface area contributed by atoms with E-state index in [9.17, 15) is 0 Å². The summed E-state index contributed by atoms with van der Waals surface area (Å²) >= 11 is 0.